The number of hydrogen-bond acceptors (Lipinski definition) is 3. The normalized spacial score (nSPS) is 13.8. The van der Waals surface area contributed by atoms with E-state index in [1.165, 1.54) is 6.07 Å². The van der Waals surface area contributed by atoms with Gasteiger partial charge in [0.2, 0.25) is 10.0 Å². The topological polar surface area (TPSA) is 72.2 Å². The molecule has 0 spiro atoms. The highest BCUT2D eigenvalue weighted by Crippen LogP contribution is 2.22. The molecule has 0 heterocycles. The molecule has 5 heteroatoms. The van der Waals surface area contributed by atoms with Crippen molar-refractivity contribution in [3.8, 4) is 0 Å². The predicted molar refractivity (Wildman–Crippen MR) is 79.6 cm³/mol. The molecule has 1 unspecified atom stereocenters. The van der Waals surface area contributed by atoms with Gasteiger partial charge in [0.15, 0.2) is 0 Å². The molecule has 1 atom stereocenters. The minimum atomic E-state index is -3.51. The molecule has 0 aliphatic carbocycles. The number of anilines is 1. The minimum absolute atomic E-state index is 0.0915. The van der Waals surface area contributed by atoms with Crippen molar-refractivity contribution in [3.63, 3.8) is 0 Å². The van der Waals surface area contributed by atoms with E-state index in [2.05, 4.69) is 18.6 Å². The Hall–Kier alpha value is -1.07. The first kappa shape index (κ1) is 16.0. The SMILES string of the molecule is Cc1cc(N)cc(S(=O)(=O)NC(C)CC(C)C)c1C. The lowest BCUT2D eigenvalue weighted by Gasteiger charge is -2.18. The zero-order valence-corrected chi connectivity index (χ0v) is 13.1. The second-order valence-corrected chi connectivity index (χ2v) is 7.30. The van der Waals surface area contributed by atoms with E-state index in [4.69, 9.17) is 5.73 Å². The number of nitrogens with one attached hydrogen (secondary N) is 1. The van der Waals surface area contributed by atoms with E-state index in [1.54, 1.807) is 13.0 Å². The van der Waals surface area contributed by atoms with Crippen LogP contribution >= 0.6 is 0 Å². The first-order valence-electron chi connectivity index (χ1n) is 6.52. The third-order valence-electron chi connectivity index (χ3n) is 3.11. The molecule has 19 heavy (non-hydrogen) atoms. The van der Waals surface area contributed by atoms with Gasteiger partial charge in [0.25, 0.3) is 0 Å². The Balaban J connectivity index is 3.07. The number of benzene rings is 1. The molecule has 0 saturated carbocycles. The molecule has 0 radical (unpaired) electrons. The Labute approximate surface area is 116 Å². The lowest BCUT2D eigenvalue weighted by atomic mass is 10.1. The second kappa shape index (κ2) is 5.92. The van der Waals surface area contributed by atoms with Crippen molar-refractivity contribution < 1.29 is 8.42 Å². The van der Waals surface area contributed by atoms with Gasteiger partial charge in [0.1, 0.15) is 0 Å². The molecule has 0 aromatic heterocycles. The maximum absolute atomic E-state index is 12.4. The maximum atomic E-state index is 12.4. The Morgan fingerprint density at radius 1 is 1.21 bits per heavy atom. The van der Waals surface area contributed by atoms with Crippen LogP contribution < -0.4 is 10.5 Å². The van der Waals surface area contributed by atoms with Crippen LogP contribution in [0.4, 0.5) is 5.69 Å². The van der Waals surface area contributed by atoms with Crippen LogP contribution in [-0.2, 0) is 10.0 Å². The maximum Gasteiger partial charge on any atom is 0.241 e. The number of sulfonamides is 1. The molecule has 0 saturated heterocycles. The predicted octanol–water partition coefficient (Wildman–Crippen LogP) is 2.60. The third kappa shape index (κ3) is 4.21. The van der Waals surface area contributed by atoms with Crippen molar-refractivity contribution in [2.45, 2.75) is 52.0 Å². The molecule has 0 bridgehead atoms. The van der Waals surface area contributed by atoms with Gasteiger partial charge in [-0.2, -0.15) is 0 Å². The summed E-state index contributed by atoms with van der Waals surface area (Å²) in [5.74, 6) is 0.446. The molecule has 0 amide bonds. The molecular formula is C14H24N2O2S. The van der Waals surface area contributed by atoms with Gasteiger partial charge in [0, 0.05) is 11.7 Å². The molecule has 0 fully saturated rings. The van der Waals surface area contributed by atoms with Crippen LogP contribution in [0.25, 0.3) is 0 Å². The van der Waals surface area contributed by atoms with Gasteiger partial charge in [-0.3, -0.25) is 0 Å². The Bertz CT molecular complexity index is 551. The standard InChI is InChI=1S/C14H24N2O2S/c1-9(2)6-11(4)16-19(17,18)14-8-13(15)7-10(3)12(14)5/h7-9,11,16H,6,15H2,1-5H3. The van der Waals surface area contributed by atoms with Gasteiger partial charge < -0.3 is 5.73 Å². The fourth-order valence-electron chi connectivity index (χ4n) is 2.22. The molecule has 1 aromatic rings. The quantitative estimate of drug-likeness (QED) is 0.816. The fraction of sp³-hybridized carbons (Fsp3) is 0.571. The summed E-state index contributed by atoms with van der Waals surface area (Å²) in [6.45, 7) is 9.69. The summed E-state index contributed by atoms with van der Waals surface area (Å²) in [4.78, 5) is 0.278. The van der Waals surface area contributed by atoms with Gasteiger partial charge in [-0.05, 0) is 56.4 Å². The molecule has 1 aromatic carbocycles. The summed E-state index contributed by atoms with van der Waals surface area (Å²) >= 11 is 0. The molecule has 108 valence electrons. The van der Waals surface area contributed by atoms with Crippen LogP contribution in [-0.4, -0.2) is 14.5 Å². The van der Waals surface area contributed by atoms with Crippen molar-refractivity contribution in [2.75, 3.05) is 5.73 Å². The average Bonchev–Trinajstić information content (AvgIpc) is 2.20. The number of rotatable bonds is 5. The summed E-state index contributed by atoms with van der Waals surface area (Å²) in [6, 6.07) is 3.21. The highest BCUT2D eigenvalue weighted by molar-refractivity contribution is 7.89. The average molecular weight is 284 g/mol. The first-order chi connectivity index (χ1) is 8.63. The van der Waals surface area contributed by atoms with Crippen molar-refractivity contribution >= 4 is 15.7 Å². The molecule has 4 nitrogen and oxygen atoms in total. The lowest BCUT2D eigenvalue weighted by Crippen LogP contribution is -2.34. The molecule has 1 rings (SSSR count). The van der Waals surface area contributed by atoms with Crippen molar-refractivity contribution in [1.29, 1.82) is 0 Å². The van der Waals surface area contributed by atoms with Crippen molar-refractivity contribution in [2.24, 2.45) is 5.92 Å². The summed E-state index contributed by atoms with van der Waals surface area (Å²) in [7, 11) is -3.51. The third-order valence-corrected chi connectivity index (χ3v) is 4.83. The van der Waals surface area contributed by atoms with E-state index in [1.807, 2.05) is 13.8 Å². The second-order valence-electron chi connectivity index (χ2n) is 5.61. The Kier molecular flexibility index (Phi) is 4.98. The Morgan fingerprint density at radius 3 is 2.32 bits per heavy atom. The zero-order valence-electron chi connectivity index (χ0n) is 12.3. The number of aryl methyl sites for hydroxylation is 1. The van der Waals surface area contributed by atoms with Crippen LogP contribution in [0, 0.1) is 19.8 Å². The van der Waals surface area contributed by atoms with E-state index in [9.17, 15) is 8.42 Å². The van der Waals surface area contributed by atoms with E-state index >= 15 is 0 Å². The fourth-order valence-corrected chi connectivity index (χ4v) is 3.82. The zero-order chi connectivity index (χ0) is 14.8. The van der Waals surface area contributed by atoms with E-state index < -0.39 is 10.0 Å². The van der Waals surface area contributed by atoms with Gasteiger partial charge in [-0.15, -0.1) is 0 Å². The minimum Gasteiger partial charge on any atom is -0.399 e. The van der Waals surface area contributed by atoms with Crippen LogP contribution in [0.3, 0.4) is 0 Å². The molecular weight excluding hydrogens is 260 g/mol. The van der Waals surface area contributed by atoms with Crippen molar-refractivity contribution in [1.82, 2.24) is 4.72 Å². The van der Waals surface area contributed by atoms with Crippen LogP contribution in [0.15, 0.2) is 17.0 Å². The van der Waals surface area contributed by atoms with Crippen LogP contribution in [0.5, 0.6) is 0 Å². The molecule has 3 N–H and O–H groups in total. The largest absolute Gasteiger partial charge is 0.399 e. The van der Waals surface area contributed by atoms with Gasteiger partial charge in [0.05, 0.1) is 4.90 Å². The number of nitrogen functional groups attached to an aromatic ring is 1. The first-order valence-corrected chi connectivity index (χ1v) is 8.01. The smallest absolute Gasteiger partial charge is 0.241 e. The summed E-state index contributed by atoms with van der Waals surface area (Å²) in [5, 5.41) is 0. The number of nitrogens with two attached hydrogens (primary N) is 1. The lowest BCUT2D eigenvalue weighted by molar-refractivity contribution is 0.482. The summed E-state index contributed by atoms with van der Waals surface area (Å²) in [5.41, 5.74) is 7.85. The van der Waals surface area contributed by atoms with Crippen LogP contribution in [0.2, 0.25) is 0 Å². The Morgan fingerprint density at radius 2 is 1.79 bits per heavy atom. The van der Waals surface area contributed by atoms with Gasteiger partial charge in [-0.25, -0.2) is 13.1 Å². The van der Waals surface area contributed by atoms with E-state index in [-0.39, 0.29) is 10.9 Å². The van der Waals surface area contributed by atoms with E-state index in [0.717, 1.165) is 17.5 Å². The van der Waals surface area contributed by atoms with E-state index in [0.29, 0.717) is 11.6 Å². The monoisotopic (exact) mass is 284 g/mol. The summed E-state index contributed by atoms with van der Waals surface area (Å²) < 4.78 is 27.5. The number of hydrogen-bond donors (Lipinski definition) is 2. The molecule has 0 aliphatic heterocycles. The summed E-state index contributed by atoms with van der Waals surface area (Å²) in [6.07, 6.45) is 0.805. The highest BCUT2D eigenvalue weighted by atomic mass is 32.2. The van der Waals surface area contributed by atoms with Crippen LogP contribution in [0.1, 0.15) is 38.3 Å². The van der Waals surface area contributed by atoms with Gasteiger partial charge >= 0.3 is 0 Å². The molecule has 0 aliphatic rings. The van der Waals surface area contributed by atoms with Gasteiger partial charge in [-0.1, -0.05) is 13.8 Å². The highest BCUT2D eigenvalue weighted by Gasteiger charge is 2.21. The van der Waals surface area contributed by atoms with Crippen molar-refractivity contribution in [3.05, 3.63) is 23.3 Å².